The van der Waals surface area contributed by atoms with Gasteiger partial charge in [0.2, 0.25) is 5.91 Å². The first-order valence-corrected chi connectivity index (χ1v) is 11.0. The van der Waals surface area contributed by atoms with Gasteiger partial charge in [-0.15, -0.1) is 0 Å². The molecule has 3 rings (SSSR count). The fourth-order valence-electron chi connectivity index (χ4n) is 3.56. The summed E-state index contributed by atoms with van der Waals surface area (Å²) in [6.45, 7) is 1.85. The second-order valence-corrected chi connectivity index (χ2v) is 8.32. The molecule has 0 aliphatic heterocycles. The molecule has 172 valence electrons. The molecule has 33 heavy (non-hydrogen) atoms. The van der Waals surface area contributed by atoms with E-state index in [1.165, 1.54) is 18.0 Å². The van der Waals surface area contributed by atoms with Crippen molar-refractivity contribution in [3.05, 3.63) is 89.0 Å². The van der Waals surface area contributed by atoms with Crippen molar-refractivity contribution < 1.29 is 19.1 Å². The number of ketones is 1. The highest BCUT2D eigenvalue weighted by molar-refractivity contribution is 6.31. The van der Waals surface area contributed by atoms with Crippen LogP contribution in [0.1, 0.15) is 35.0 Å². The number of rotatable bonds is 9. The number of carbonyl (C=O) groups is 3. The number of hydrogen-bond donors (Lipinski definition) is 1. The van der Waals surface area contributed by atoms with Crippen molar-refractivity contribution in [2.45, 2.75) is 32.2 Å². The maximum atomic E-state index is 13.2. The van der Waals surface area contributed by atoms with Crippen LogP contribution < -0.4 is 5.32 Å². The normalized spacial score (nSPS) is 12.6. The Kier molecular flexibility index (Phi) is 8.38. The van der Waals surface area contributed by atoms with Crippen molar-refractivity contribution in [2.24, 2.45) is 5.92 Å². The number of amides is 1. The van der Waals surface area contributed by atoms with E-state index in [1.807, 2.05) is 37.3 Å². The SMILES string of the molecule is COC(=O)n1cnc(C[C@@H](C)NC(=O)[C@@H](CC(=O)c2cccc(Cl)c2)Cc2ccccc2)c1. The molecule has 0 bridgehead atoms. The molecular weight excluding hydrogens is 442 g/mol. The number of nitrogens with one attached hydrogen (secondary N) is 1. The number of aromatic nitrogens is 2. The van der Waals surface area contributed by atoms with Gasteiger partial charge in [-0.1, -0.05) is 54.1 Å². The summed E-state index contributed by atoms with van der Waals surface area (Å²) in [7, 11) is 1.29. The Morgan fingerprint density at radius 2 is 1.85 bits per heavy atom. The lowest BCUT2D eigenvalue weighted by molar-refractivity contribution is -0.125. The maximum absolute atomic E-state index is 13.2. The first-order chi connectivity index (χ1) is 15.9. The Balaban J connectivity index is 1.69. The fraction of sp³-hybridized carbons (Fsp3) is 0.280. The van der Waals surface area contributed by atoms with Gasteiger partial charge < -0.3 is 10.1 Å². The Hall–Kier alpha value is -3.45. The Morgan fingerprint density at radius 3 is 2.55 bits per heavy atom. The van der Waals surface area contributed by atoms with E-state index in [0.29, 0.717) is 29.1 Å². The quantitative estimate of drug-likeness (QED) is 0.473. The average molecular weight is 468 g/mol. The van der Waals surface area contributed by atoms with Gasteiger partial charge in [0.1, 0.15) is 6.33 Å². The predicted octanol–water partition coefficient (Wildman–Crippen LogP) is 4.33. The maximum Gasteiger partial charge on any atom is 0.418 e. The van der Waals surface area contributed by atoms with E-state index in [-0.39, 0.29) is 24.2 Å². The summed E-state index contributed by atoms with van der Waals surface area (Å²) in [5.41, 5.74) is 2.10. The van der Waals surface area contributed by atoms with Crippen molar-refractivity contribution in [3.63, 3.8) is 0 Å². The molecular formula is C25H26ClN3O4. The van der Waals surface area contributed by atoms with Gasteiger partial charge in [-0.05, 0) is 31.0 Å². The molecule has 0 saturated heterocycles. The summed E-state index contributed by atoms with van der Waals surface area (Å²) >= 11 is 6.03. The van der Waals surface area contributed by atoms with E-state index in [1.54, 1.807) is 30.5 Å². The van der Waals surface area contributed by atoms with E-state index < -0.39 is 12.0 Å². The van der Waals surface area contributed by atoms with Crippen LogP contribution in [0, 0.1) is 5.92 Å². The molecule has 1 amide bonds. The zero-order chi connectivity index (χ0) is 23.8. The molecule has 0 fully saturated rings. The summed E-state index contributed by atoms with van der Waals surface area (Å²) in [5.74, 6) is -0.902. The van der Waals surface area contributed by atoms with Crippen molar-refractivity contribution in [2.75, 3.05) is 7.11 Å². The number of methoxy groups -OCH3 is 1. The molecule has 0 spiro atoms. The van der Waals surface area contributed by atoms with Gasteiger partial charge in [-0.25, -0.2) is 14.3 Å². The highest BCUT2D eigenvalue weighted by atomic mass is 35.5. The third-order valence-electron chi connectivity index (χ3n) is 5.20. The van der Waals surface area contributed by atoms with Gasteiger partial charge in [0.05, 0.1) is 12.8 Å². The van der Waals surface area contributed by atoms with Crippen LogP contribution in [0.4, 0.5) is 4.79 Å². The zero-order valence-corrected chi connectivity index (χ0v) is 19.3. The molecule has 1 heterocycles. The second kappa shape index (κ2) is 11.4. The molecule has 0 aliphatic rings. The van der Waals surface area contributed by atoms with Gasteiger partial charge >= 0.3 is 6.09 Å². The molecule has 2 atom stereocenters. The molecule has 0 aliphatic carbocycles. The number of benzene rings is 2. The van der Waals surface area contributed by atoms with Crippen LogP contribution in [0.3, 0.4) is 0 Å². The van der Waals surface area contributed by atoms with Crippen LogP contribution in [0.2, 0.25) is 5.02 Å². The minimum Gasteiger partial charge on any atom is -0.452 e. The lowest BCUT2D eigenvalue weighted by Gasteiger charge is -2.20. The van der Waals surface area contributed by atoms with Crippen LogP contribution in [0.25, 0.3) is 0 Å². The number of ether oxygens (including phenoxy) is 1. The van der Waals surface area contributed by atoms with E-state index in [0.717, 1.165) is 5.56 Å². The number of halogens is 1. The van der Waals surface area contributed by atoms with Crippen molar-refractivity contribution in [1.29, 1.82) is 0 Å². The second-order valence-electron chi connectivity index (χ2n) is 7.88. The van der Waals surface area contributed by atoms with Crippen LogP contribution in [-0.2, 0) is 22.4 Å². The Labute approximate surface area is 197 Å². The number of imidazole rings is 1. The average Bonchev–Trinajstić information content (AvgIpc) is 3.27. The molecule has 1 aromatic heterocycles. The van der Waals surface area contributed by atoms with E-state index in [9.17, 15) is 14.4 Å². The Morgan fingerprint density at radius 1 is 1.09 bits per heavy atom. The first-order valence-electron chi connectivity index (χ1n) is 10.6. The highest BCUT2D eigenvalue weighted by Crippen LogP contribution is 2.19. The number of hydrogen-bond acceptors (Lipinski definition) is 5. The molecule has 0 saturated carbocycles. The van der Waals surface area contributed by atoms with Gasteiger partial charge in [0, 0.05) is 41.6 Å². The van der Waals surface area contributed by atoms with Crippen molar-refractivity contribution >= 4 is 29.4 Å². The van der Waals surface area contributed by atoms with Crippen LogP contribution in [0.15, 0.2) is 67.1 Å². The molecule has 8 heteroatoms. The summed E-state index contributed by atoms with van der Waals surface area (Å²) < 4.78 is 5.90. The van der Waals surface area contributed by atoms with Crippen LogP contribution in [-0.4, -0.2) is 40.5 Å². The van der Waals surface area contributed by atoms with Gasteiger partial charge in [0.25, 0.3) is 0 Å². The Bertz CT molecular complexity index is 1110. The minimum absolute atomic E-state index is 0.0603. The van der Waals surface area contributed by atoms with E-state index in [4.69, 9.17) is 11.6 Å². The fourth-order valence-corrected chi connectivity index (χ4v) is 3.75. The monoisotopic (exact) mass is 467 g/mol. The zero-order valence-electron chi connectivity index (χ0n) is 18.5. The summed E-state index contributed by atoms with van der Waals surface area (Å²) in [5, 5.41) is 3.46. The number of carbonyl (C=O) groups excluding carboxylic acids is 3. The van der Waals surface area contributed by atoms with Crippen LogP contribution in [0.5, 0.6) is 0 Å². The number of nitrogens with zero attached hydrogens (tertiary/aromatic N) is 2. The molecule has 7 nitrogen and oxygen atoms in total. The van der Waals surface area contributed by atoms with Crippen molar-refractivity contribution in [3.8, 4) is 0 Å². The summed E-state index contributed by atoms with van der Waals surface area (Å²) in [6, 6.07) is 16.1. The van der Waals surface area contributed by atoms with Gasteiger partial charge in [0.15, 0.2) is 5.78 Å². The van der Waals surface area contributed by atoms with E-state index in [2.05, 4.69) is 15.0 Å². The third kappa shape index (κ3) is 7.02. The smallest absolute Gasteiger partial charge is 0.418 e. The highest BCUT2D eigenvalue weighted by Gasteiger charge is 2.25. The standard InChI is InChI=1S/C25H26ClN3O4/c1-17(11-22-15-29(16-27-22)25(32)33-2)28-24(31)20(12-18-7-4-3-5-8-18)14-23(30)19-9-6-10-21(26)13-19/h3-10,13,15-17,20H,11-12,14H2,1-2H3,(H,28,31)/t17-,20-/m1/s1. The minimum atomic E-state index is -0.547. The largest absolute Gasteiger partial charge is 0.452 e. The summed E-state index contributed by atoms with van der Waals surface area (Å²) in [6.07, 6.45) is 3.33. The van der Waals surface area contributed by atoms with Gasteiger partial charge in [-0.3, -0.25) is 9.59 Å². The lowest BCUT2D eigenvalue weighted by atomic mass is 9.91. The van der Waals surface area contributed by atoms with Crippen molar-refractivity contribution in [1.82, 2.24) is 14.9 Å². The summed E-state index contributed by atoms with van der Waals surface area (Å²) in [4.78, 5) is 41.8. The molecule has 0 radical (unpaired) electrons. The van der Waals surface area contributed by atoms with Crippen LogP contribution >= 0.6 is 11.6 Å². The molecule has 3 aromatic rings. The predicted molar refractivity (Wildman–Crippen MR) is 125 cm³/mol. The first kappa shape index (κ1) is 24.2. The molecule has 0 unspecified atom stereocenters. The molecule has 2 aromatic carbocycles. The molecule has 1 N–H and O–H groups in total. The topological polar surface area (TPSA) is 90.3 Å². The lowest BCUT2D eigenvalue weighted by Crippen LogP contribution is -2.40. The third-order valence-corrected chi connectivity index (χ3v) is 5.43. The number of Topliss-reactive ketones (excluding diaryl/α,β-unsaturated/α-hetero) is 1. The van der Waals surface area contributed by atoms with Gasteiger partial charge in [-0.2, -0.15) is 0 Å². The van der Waals surface area contributed by atoms with E-state index >= 15 is 0 Å².